The fourth-order valence-corrected chi connectivity index (χ4v) is 3.78. The molecule has 4 heteroatoms. The molecule has 0 aliphatic carbocycles. The molecule has 3 nitrogen and oxygen atoms in total. The smallest absolute Gasteiger partial charge is 0.240 e. The van der Waals surface area contributed by atoms with Gasteiger partial charge in [0.1, 0.15) is 0 Å². The summed E-state index contributed by atoms with van der Waals surface area (Å²) in [5.74, 6) is 0.0918. The lowest BCUT2D eigenvalue weighted by atomic mass is 10.1. The predicted octanol–water partition coefficient (Wildman–Crippen LogP) is 3.89. The second-order valence-corrected chi connectivity index (χ2v) is 6.81. The number of nitriles is 1. The number of hydrogen-bond acceptors (Lipinski definition) is 3. The number of aryl methyl sites for hydroxylation is 1. The SMILES string of the molecule is Cc1ccc2c(c1)SC(C)C(=O)N2Cc1ccccc1C#N. The van der Waals surface area contributed by atoms with Gasteiger partial charge in [0.15, 0.2) is 0 Å². The van der Waals surface area contributed by atoms with Gasteiger partial charge in [0.25, 0.3) is 0 Å². The lowest BCUT2D eigenvalue weighted by Gasteiger charge is -2.32. The summed E-state index contributed by atoms with van der Waals surface area (Å²) in [6.45, 7) is 4.42. The Morgan fingerprint density at radius 2 is 2.05 bits per heavy atom. The molecule has 1 unspecified atom stereocenters. The number of thioether (sulfide) groups is 1. The van der Waals surface area contributed by atoms with Crippen LogP contribution in [0.4, 0.5) is 5.69 Å². The van der Waals surface area contributed by atoms with E-state index in [1.165, 1.54) is 5.56 Å². The number of rotatable bonds is 2. The lowest BCUT2D eigenvalue weighted by Crippen LogP contribution is -2.39. The molecule has 0 radical (unpaired) electrons. The van der Waals surface area contributed by atoms with Gasteiger partial charge < -0.3 is 4.90 Å². The molecular formula is C18H16N2OS. The standard InChI is InChI=1S/C18H16N2OS/c1-12-7-8-16-17(9-12)22-13(2)18(21)20(16)11-15-6-4-3-5-14(15)10-19/h3-9,13H,11H2,1-2H3. The van der Waals surface area contributed by atoms with Crippen LogP contribution >= 0.6 is 11.8 Å². The number of carbonyl (C=O) groups excluding carboxylic acids is 1. The van der Waals surface area contributed by atoms with Crippen LogP contribution in [0.15, 0.2) is 47.4 Å². The minimum atomic E-state index is -0.108. The third-order valence-corrected chi connectivity index (χ3v) is 4.93. The van der Waals surface area contributed by atoms with E-state index in [2.05, 4.69) is 19.1 Å². The first-order valence-electron chi connectivity index (χ1n) is 7.17. The van der Waals surface area contributed by atoms with E-state index in [4.69, 9.17) is 0 Å². The molecule has 22 heavy (non-hydrogen) atoms. The van der Waals surface area contributed by atoms with Crippen molar-refractivity contribution in [3.8, 4) is 6.07 Å². The molecule has 1 heterocycles. The Labute approximate surface area is 134 Å². The van der Waals surface area contributed by atoms with E-state index >= 15 is 0 Å². The predicted molar refractivity (Wildman–Crippen MR) is 88.8 cm³/mol. The average Bonchev–Trinajstić information content (AvgIpc) is 2.52. The Hall–Kier alpha value is -2.25. The van der Waals surface area contributed by atoms with Crippen molar-refractivity contribution in [1.82, 2.24) is 0 Å². The fraction of sp³-hybridized carbons (Fsp3) is 0.222. The Kier molecular flexibility index (Phi) is 3.91. The first kappa shape index (κ1) is 14.7. The highest BCUT2D eigenvalue weighted by Crippen LogP contribution is 2.40. The lowest BCUT2D eigenvalue weighted by molar-refractivity contribution is -0.118. The molecule has 0 saturated heterocycles. The van der Waals surface area contributed by atoms with E-state index in [1.54, 1.807) is 22.7 Å². The molecule has 0 spiro atoms. The largest absolute Gasteiger partial charge is 0.306 e. The molecule has 2 aromatic rings. The van der Waals surface area contributed by atoms with Crippen molar-refractivity contribution in [2.45, 2.75) is 30.5 Å². The van der Waals surface area contributed by atoms with Crippen molar-refractivity contribution < 1.29 is 4.79 Å². The zero-order valence-corrected chi connectivity index (χ0v) is 13.4. The molecule has 1 amide bonds. The highest BCUT2D eigenvalue weighted by atomic mass is 32.2. The maximum Gasteiger partial charge on any atom is 0.240 e. The maximum atomic E-state index is 12.6. The van der Waals surface area contributed by atoms with Gasteiger partial charge in [0, 0.05) is 4.90 Å². The van der Waals surface area contributed by atoms with Gasteiger partial charge in [-0.2, -0.15) is 5.26 Å². The Morgan fingerprint density at radius 3 is 2.82 bits per heavy atom. The number of amides is 1. The number of hydrogen-bond donors (Lipinski definition) is 0. The minimum Gasteiger partial charge on any atom is -0.306 e. The number of fused-ring (bicyclic) bond motifs is 1. The van der Waals surface area contributed by atoms with Gasteiger partial charge >= 0.3 is 0 Å². The molecule has 110 valence electrons. The van der Waals surface area contributed by atoms with Gasteiger partial charge in [0.05, 0.1) is 29.1 Å². The minimum absolute atomic E-state index is 0.0918. The number of carbonyl (C=O) groups is 1. The molecule has 0 fully saturated rings. The molecule has 1 aliphatic rings. The number of nitrogens with zero attached hydrogens (tertiary/aromatic N) is 2. The molecular weight excluding hydrogens is 292 g/mol. The van der Waals surface area contributed by atoms with Crippen molar-refractivity contribution in [3.05, 3.63) is 59.2 Å². The van der Waals surface area contributed by atoms with Gasteiger partial charge in [-0.05, 0) is 43.2 Å². The summed E-state index contributed by atoms with van der Waals surface area (Å²) in [6.07, 6.45) is 0. The van der Waals surface area contributed by atoms with Gasteiger partial charge in [0.2, 0.25) is 5.91 Å². The number of benzene rings is 2. The molecule has 3 rings (SSSR count). The van der Waals surface area contributed by atoms with Gasteiger partial charge in [-0.1, -0.05) is 24.3 Å². The van der Waals surface area contributed by atoms with E-state index in [0.717, 1.165) is 16.1 Å². The van der Waals surface area contributed by atoms with Crippen LogP contribution < -0.4 is 4.90 Å². The van der Waals surface area contributed by atoms with Crippen molar-refractivity contribution >= 4 is 23.4 Å². The van der Waals surface area contributed by atoms with Crippen LogP contribution in [-0.2, 0) is 11.3 Å². The molecule has 1 aliphatic heterocycles. The average molecular weight is 308 g/mol. The quantitative estimate of drug-likeness (QED) is 0.845. The zero-order chi connectivity index (χ0) is 15.7. The van der Waals surface area contributed by atoms with E-state index in [1.807, 2.05) is 37.3 Å². The first-order valence-corrected chi connectivity index (χ1v) is 8.05. The Bertz CT molecular complexity index is 779. The second kappa shape index (κ2) is 5.86. The zero-order valence-electron chi connectivity index (χ0n) is 12.5. The van der Waals surface area contributed by atoms with Crippen molar-refractivity contribution in [2.75, 3.05) is 4.90 Å². The van der Waals surface area contributed by atoms with Crippen LogP contribution in [0.25, 0.3) is 0 Å². The van der Waals surface area contributed by atoms with E-state index < -0.39 is 0 Å². The molecule has 2 aromatic carbocycles. The molecule has 0 N–H and O–H groups in total. The topological polar surface area (TPSA) is 44.1 Å². The second-order valence-electron chi connectivity index (χ2n) is 5.42. The van der Waals surface area contributed by atoms with Crippen LogP contribution in [0.5, 0.6) is 0 Å². The van der Waals surface area contributed by atoms with Crippen LogP contribution in [0.3, 0.4) is 0 Å². The van der Waals surface area contributed by atoms with Crippen molar-refractivity contribution in [3.63, 3.8) is 0 Å². The van der Waals surface area contributed by atoms with Crippen LogP contribution in [0.2, 0.25) is 0 Å². The van der Waals surface area contributed by atoms with Crippen LogP contribution in [-0.4, -0.2) is 11.2 Å². The van der Waals surface area contributed by atoms with E-state index in [9.17, 15) is 10.1 Å². The maximum absolute atomic E-state index is 12.6. The molecule has 0 aromatic heterocycles. The van der Waals surface area contributed by atoms with Crippen LogP contribution in [0.1, 0.15) is 23.6 Å². The Balaban J connectivity index is 2.03. The summed E-state index contributed by atoms with van der Waals surface area (Å²) >= 11 is 1.60. The molecule has 0 bridgehead atoms. The summed E-state index contributed by atoms with van der Waals surface area (Å²) in [5.41, 5.74) is 3.62. The number of anilines is 1. The van der Waals surface area contributed by atoms with Crippen LogP contribution in [0, 0.1) is 18.3 Å². The fourth-order valence-electron chi connectivity index (χ4n) is 2.62. The van der Waals surface area contributed by atoms with Gasteiger partial charge in [-0.25, -0.2) is 0 Å². The Morgan fingerprint density at radius 1 is 1.27 bits per heavy atom. The summed E-state index contributed by atoms with van der Waals surface area (Å²) < 4.78 is 0. The highest BCUT2D eigenvalue weighted by molar-refractivity contribution is 8.01. The highest BCUT2D eigenvalue weighted by Gasteiger charge is 2.31. The molecule has 0 saturated carbocycles. The van der Waals surface area contributed by atoms with E-state index in [0.29, 0.717) is 12.1 Å². The summed E-state index contributed by atoms with van der Waals surface area (Å²) in [7, 11) is 0. The van der Waals surface area contributed by atoms with Gasteiger partial charge in [-0.3, -0.25) is 4.79 Å². The monoisotopic (exact) mass is 308 g/mol. The normalized spacial score (nSPS) is 17.0. The van der Waals surface area contributed by atoms with Crippen molar-refractivity contribution in [2.24, 2.45) is 0 Å². The third-order valence-electron chi connectivity index (χ3n) is 3.79. The first-order chi connectivity index (χ1) is 10.6. The van der Waals surface area contributed by atoms with Gasteiger partial charge in [-0.15, -0.1) is 11.8 Å². The summed E-state index contributed by atoms with van der Waals surface area (Å²) in [5, 5.41) is 9.13. The third kappa shape index (κ3) is 2.60. The molecule has 1 atom stereocenters. The summed E-state index contributed by atoms with van der Waals surface area (Å²) in [4.78, 5) is 15.5. The van der Waals surface area contributed by atoms with Crippen molar-refractivity contribution in [1.29, 1.82) is 5.26 Å². The summed E-state index contributed by atoms with van der Waals surface area (Å²) in [6, 6.07) is 15.8. The van der Waals surface area contributed by atoms with E-state index in [-0.39, 0.29) is 11.2 Å².